The van der Waals surface area contributed by atoms with Crippen LogP contribution in [-0.4, -0.2) is 42.0 Å². The summed E-state index contributed by atoms with van der Waals surface area (Å²) in [6, 6.07) is 6.21. The van der Waals surface area contributed by atoms with Crippen LogP contribution in [0.4, 0.5) is 11.4 Å². The molecule has 3 heterocycles. The van der Waals surface area contributed by atoms with E-state index in [0.717, 1.165) is 41.6 Å². The minimum absolute atomic E-state index is 0.0435. The van der Waals surface area contributed by atoms with Crippen molar-refractivity contribution in [3.8, 4) is 17.0 Å². The minimum Gasteiger partial charge on any atom is -0.466 e. The number of nitrogens with two attached hydrogens (primary N) is 1. The molecule has 0 radical (unpaired) electrons. The number of carbonyl (C=O) groups excluding carboxylic acids is 2. The fourth-order valence-corrected chi connectivity index (χ4v) is 4.55. The summed E-state index contributed by atoms with van der Waals surface area (Å²) in [5.74, 6) is 0.0761. The molecule has 0 bridgehead atoms. The quantitative estimate of drug-likeness (QED) is 0.618. The van der Waals surface area contributed by atoms with E-state index < -0.39 is 0 Å². The van der Waals surface area contributed by atoms with Crippen molar-refractivity contribution in [2.75, 3.05) is 23.8 Å². The second kappa shape index (κ2) is 7.60. The molecule has 3 aliphatic rings. The van der Waals surface area contributed by atoms with Gasteiger partial charge in [-0.1, -0.05) is 12.8 Å². The first-order chi connectivity index (χ1) is 14.6. The summed E-state index contributed by atoms with van der Waals surface area (Å²) in [4.78, 5) is 28.8. The van der Waals surface area contributed by atoms with Gasteiger partial charge in [0, 0.05) is 36.1 Å². The van der Waals surface area contributed by atoms with E-state index in [1.54, 1.807) is 6.20 Å². The first kappa shape index (κ1) is 18.9. The van der Waals surface area contributed by atoms with Crippen LogP contribution in [0.2, 0.25) is 0 Å². The van der Waals surface area contributed by atoms with Crippen molar-refractivity contribution in [2.45, 2.75) is 44.2 Å². The SMILES string of the molecule is N[C@H]1CCCC[C@H]1Nc1cc2c(c(-c3cnc4c(c3)NC(=O)CO4)c1)C(=O)NCC2. The molecule has 1 aliphatic carbocycles. The lowest BCUT2D eigenvalue weighted by Gasteiger charge is -2.31. The monoisotopic (exact) mass is 407 g/mol. The molecule has 0 saturated heterocycles. The number of aromatic nitrogens is 1. The molecule has 5 N–H and O–H groups in total. The number of nitrogens with zero attached hydrogens (tertiary/aromatic N) is 1. The van der Waals surface area contributed by atoms with Gasteiger partial charge in [0.25, 0.3) is 11.8 Å². The number of fused-ring (bicyclic) bond motifs is 2. The van der Waals surface area contributed by atoms with Gasteiger partial charge in [-0.05, 0) is 48.6 Å². The first-order valence-electron chi connectivity index (χ1n) is 10.5. The Bertz CT molecular complexity index is 1020. The molecule has 8 heteroatoms. The molecule has 0 unspecified atom stereocenters. The lowest BCUT2D eigenvalue weighted by atomic mass is 9.89. The molecule has 2 aliphatic heterocycles. The summed E-state index contributed by atoms with van der Waals surface area (Å²) in [5, 5.41) is 9.32. The van der Waals surface area contributed by atoms with Crippen LogP contribution in [0, 0.1) is 0 Å². The number of benzene rings is 1. The van der Waals surface area contributed by atoms with E-state index in [0.29, 0.717) is 23.7 Å². The van der Waals surface area contributed by atoms with E-state index in [-0.39, 0.29) is 30.5 Å². The van der Waals surface area contributed by atoms with Crippen molar-refractivity contribution < 1.29 is 14.3 Å². The van der Waals surface area contributed by atoms with Crippen LogP contribution in [0.15, 0.2) is 24.4 Å². The van der Waals surface area contributed by atoms with Gasteiger partial charge >= 0.3 is 0 Å². The van der Waals surface area contributed by atoms with Gasteiger partial charge in [0.2, 0.25) is 5.88 Å². The largest absolute Gasteiger partial charge is 0.466 e. The number of rotatable bonds is 3. The number of anilines is 2. The molecule has 30 heavy (non-hydrogen) atoms. The number of hydrogen-bond donors (Lipinski definition) is 4. The molecule has 2 amide bonds. The van der Waals surface area contributed by atoms with E-state index >= 15 is 0 Å². The molecular weight excluding hydrogens is 382 g/mol. The third kappa shape index (κ3) is 3.47. The van der Waals surface area contributed by atoms with Gasteiger partial charge in [-0.3, -0.25) is 9.59 Å². The number of hydrogen-bond acceptors (Lipinski definition) is 6. The van der Waals surface area contributed by atoms with E-state index in [4.69, 9.17) is 10.5 Å². The Labute approximate surface area is 174 Å². The van der Waals surface area contributed by atoms with Crippen LogP contribution in [0.1, 0.15) is 41.6 Å². The molecule has 1 aromatic heterocycles. The van der Waals surface area contributed by atoms with E-state index in [1.165, 1.54) is 12.8 Å². The maximum Gasteiger partial charge on any atom is 0.262 e. The second-order valence-corrected chi connectivity index (χ2v) is 8.18. The summed E-state index contributed by atoms with van der Waals surface area (Å²) in [5.41, 5.74) is 11.0. The molecule has 2 aromatic rings. The van der Waals surface area contributed by atoms with Gasteiger partial charge in [0.15, 0.2) is 6.61 Å². The molecule has 1 fully saturated rings. The summed E-state index contributed by atoms with van der Waals surface area (Å²) in [6.07, 6.45) is 6.84. The first-order valence-corrected chi connectivity index (χ1v) is 10.5. The Balaban J connectivity index is 1.57. The van der Waals surface area contributed by atoms with E-state index in [9.17, 15) is 9.59 Å². The predicted octanol–water partition coefficient (Wildman–Crippen LogP) is 2.05. The normalized spacial score (nSPS) is 22.8. The fourth-order valence-electron chi connectivity index (χ4n) is 4.55. The van der Waals surface area contributed by atoms with Crippen molar-refractivity contribution in [2.24, 2.45) is 5.73 Å². The van der Waals surface area contributed by atoms with Gasteiger partial charge in [-0.2, -0.15) is 0 Å². The Morgan fingerprint density at radius 1 is 1.17 bits per heavy atom. The second-order valence-electron chi connectivity index (χ2n) is 8.18. The number of amides is 2. The average molecular weight is 407 g/mol. The van der Waals surface area contributed by atoms with Gasteiger partial charge in [0.05, 0.1) is 5.56 Å². The molecule has 8 nitrogen and oxygen atoms in total. The van der Waals surface area contributed by atoms with Gasteiger partial charge < -0.3 is 26.4 Å². The molecule has 0 spiro atoms. The summed E-state index contributed by atoms with van der Waals surface area (Å²) < 4.78 is 5.37. The smallest absolute Gasteiger partial charge is 0.262 e. The zero-order chi connectivity index (χ0) is 20.7. The molecular formula is C22H25N5O3. The van der Waals surface area contributed by atoms with Gasteiger partial charge in [0.1, 0.15) is 5.69 Å². The lowest BCUT2D eigenvalue weighted by molar-refractivity contribution is -0.118. The van der Waals surface area contributed by atoms with E-state index in [1.807, 2.05) is 12.1 Å². The number of ether oxygens (including phenoxy) is 1. The highest BCUT2D eigenvalue weighted by atomic mass is 16.5. The van der Waals surface area contributed by atoms with Crippen molar-refractivity contribution in [1.82, 2.24) is 10.3 Å². The van der Waals surface area contributed by atoms with Crippen LogP contribution in [-0.2, 0) is 11.2 Å². The Morgan fingerprint density at radius 3 is 2.90 bits per heavy atom. The minimum atomic E-state index is -0.220. The zero-order valence-electron chi connectivity index (χ0n) is 16.7. The Morgan fingerprint density at radius 2 is 2.03 bits per heavy atom. The molecule has 2 atom stereocenters. The summed E-state index contributed by atoms with van der Waals surface area (Å²) >= 11 is 0. The van der Waals surface area contributed by atoms with Crippen LogP contribution in [0.5, 0.6) is 5.88 Å². The maximum atomic E-state index is 12.7. The fraction of sp³-hybridized carbons (Fsp3) is 0.409. The van der Waals surface area contributed by atoms with Crippen molar-refractivity contribution in [3.63, 3.8) is 0 Å². The molecule has 156 valence electrons. The van der Waals surface area contributed by atoms with Crippen LogP contribution < -0.4 is 26.4 Å². The van der Waals surface area contributed by atoms with Crippen molar-refractivity contribution in [1.29, 1.82) is 0 Å². The molecule has 5 rings (SSSR count). The van der Waals surface area contributed by atoms with Crippen molar-refractivity contribution >= 4 is 23.2 Å². The van der Waals surface area contributed by atoms with Gasteiger partial charge in [-0.25, -0.2) is 4.98 Å². The van der Waals surface area contributed by atoms with Crippen LogP contribution in [0.3, 0.4) is 0 Å². The highest BCUT2D eigenvalue weighted by Gasteiger charge is 2.26. The number of nitrogens with one attached hydrogen (secondary N) is 3. The lowest BCUT2D eigenvalue weighted by Crippen LogP contribution is -2.42. The highest BCUT2D eigenvalue weighted by Crippen LogP contribution is 2.36. The number of pyridine rings is 1. The van der Waals surface area contributed by atoms with E-state index in [2.05, 4.69) is 27.0 Å². The van der Waals surface area contributed by atoms with Crippen LogP contribution in [0.25, 0.3) is 11.1 Å². The van der Waals surface area contributed by atoms with Crippen molar-refractivity contribution in [3.05, 3.63) is 35.5 Å². The Hall–Kier alpha value is -3.13. The number of carbonyl (C=O) groups is 2. The highest BCUT2D eigenvalue weighted by molar-refractivity contribution is 6.04. The zero-order valence-corrected chi connectivity index (χ0v) is 16.7. The maximum absolute atomic E-state index is 12.7. The standard InChI is InChI=1S/C22H25N5O3/c23-16-3-1-2-4-17(16)26-14-7-12-5-6-24-21(29)20(12)15(9-14)13-8-18-22(25-10-13)30-11-19(28)27-18/h7-10,16-17,26H,1-6,11,23H2,(H,24,29)(H,27,28)/t16-,17+/m0/s1. The average Bonchev–Trinajstić information content (AvgIpc) is 2.74. The predicted molar refractivity (Wildman–Crippen MR) is 114 cm³/mol. The van der Waals surface area contributed by atoms with Gasteiger partial charge in [-0.15, -0.1) is 0 Å². The third-order valence-electron chi connectivity index (χ3n) is 6.07. The topological polar surface area (TPSA) is 118 Å². The Kier molecular flexibility index (Phi) is 4.78. The third-order valence-corrected chi connectivity index (χ3v) is 6.07. The molecule has 1 aromatic carbocycles. The molecule has 1 saturated carbocycles. The summed E-state index contributed by atoms with van der Waals surface area (Å²) in [6.45, 7) is 0.572. The van der Waals surface area contributed by atoms with Crippen LogP contribution >= 0.6 is 0 Å². The summed E-state index contributed by atoms with van der Waals surface area (Å²) in [7, 11) is 0.